The molecule has 1 heterocycles. The van der Waals surface area contributed by atoms with Crippen molar-refractivity contribution in [2.75, 3.05) is 23.9 Å². The summed E-state index contributed by atoms with van der Waals surface area (Å²) >= 11 is 0. The van der Waals surface area contributed by atoms with Gasteiger partial charge in [0.25, 0.3) is 0 Å². The second kappa shape index (κ2) is 6.95. The molecule has 0 spiro atoms. The molecule has 24 heavy (non-hydrogen) atoms. The highest BCUT2D eigenvalue weighted by atomic mass is 32.2. The van der Waals surface area contributed by atoms with Gasteiger partial charge in [0.05, 0.1) is 23.3 Å². The van der Waals surface area contributed by atoms with E-state index in [1.807, 2.05) is 0 Å². The van der Waals surface area contributed by atoms with E-state index in [0.29, 0.717) is 0 Å². The van der Waals surface area contributed by atoms with Crippen LogP contribution in [0.5, 0.6) is 0 Å². The van der Waals surface area contributed by atoms with Gasteiger partial charge in [-0.05, 0) is 12.1 Å². The van der Waals surface area contributed by atoms with Crippen molar-refractivity contribution in [1.29, 1.82) is 0 Å². The Morgan fingerprint density at radius 2 is 2.08 bits per heavy atom. The van der Waals surface area contributed by atoms with Gasteiger partial charge in [-0.25, -0.2) is 22.0 Å². The van der Waals surface area contributed by atoms with Gasteiger partial charge in [0.2, 0.25) is 0 Å². The summed E-state index contributed by atoms with van der Waals surface area (Å²) in [5.41, 5.74) is 0.405. The zero-order valence-corrected chi connectivity index (χ0v) is 13.7. The Labute approximate surface area is 137 Å². The van der Waals surface area contributed by atoms with E-state index >= 15 is 0 Å². The molecule has 1 amide bonds. The van der Waals surface area contributed by atoms with Crippen molar-refractivity contribution in [2.24, 2.45) is 7.05 Å². The number of hydrogen-bond donors (Lipinski definition) is 1. The van der Waals surface area contributed by atoms with Crippen molar-refractivity contribution >= 4 is 21.6 Å². The molecule has 0 aliphatic carbocycles. The Hall–Kier alpha value is -2.49. The number of benzene rings is 1. The van der Waals surface area contributed by atoms with Crippen molar-refractivity contribution in [3.8, 4) is 11.3 Å². The van der Waals surface area contributed by atoms with E-state index in [2.05, 4.69) is 10.4 Å². The lowest BCUT2D eigenvalue weighted by atomic mass is 10.1. The molecule has 0 aliphatic heterocycles. The zero-order valence-electron chi connectivity index (χ0n) is 12.9. The van der Waals surface area contributed by atoms with Crippen LogP contribution in [0, 0.1) is 11.6 Å². The Balaban J connectivity index is 2.16. The predicted molar refractivity (Wildman–Crippen MR) is 83.2 cm³/mol. The molecule has 0 fully saturated rings. The first-order valence-corrected chi connectivity index (χ1v) is 8.82. The van der Waals surface area contributed by atoms with E-state index < -0.39 is 27.6 Å². The summed E-state index contributed by atoms with van der Waals surface area (Å²) in [6.45, 7) is -0.314. The fourth-order valence-corrected chi connectivity index (χ4v) is 2.35. The van der Waals surface area contributed by atoms with E-state index in [1.165, 1.54) is 24.0 Å². The first kappa shape index (κ1) is 17.9. The summed E-state index contributed by atoms with van der Waals surface area (Å²) in [7, 11) is -1.73. The standard InChI is InChI=1S/C14H15F2N3O4S/c1-19-13(10-4-3-9(15)7-11(10)16)12(8-17-19)18-14(20)23-5-6-24(2,21)22/h3-4,7-8H,5-6H2,1-2H3,(H,18,20). The molecule has 0 aliphatic rings. The highest BCUT2D eigenvalue weighted by molar-refractivity contribution is 7.90. The second-order valence-corrected chi connectivity index (χ2v) is 7.31. The van der Waals surface area contributed by atoms with E-state index in [9.17, 15) is 22.0 Å². The minimum Gasteiger partial charge on any atom is -0.448 e. The van der Waals surface area contributed by atoms with Crippen LogP contribution < -0.4 is 5.32 Å². The smallest absolute Gasteiger partial charge is 0.411 e. The van der Waals surface area contributed by atoms with Crippen molar-refractivity contribution < 1.29 is 26.7 Å². The number of hydrogen-bond acceptors (Lipinski definition) is 5. The van der Waals surface area contributed by atoms with Crippen LogP contribution >= 0.6 is 0 Å². The monoisotopic (exact) mass is 359 g/mol. The first-order chi connectivity index (χ1) is 11.2. The van der Waals surface area contributed by atoms with Gasteiger partial charge in [-0.1, -0.05) is 0 Å². The largest absolute Gasteiger partial charge is 0.448 e. The summed E-state index contributed by atoms with van der Waals surface area (Å²) < 4.78 is 55.0. The molecule has 0 bridgehead atoms. The molecule has 2 rings (SSSR count). The lowest BCUT2D eigenvalue weighted by molar-refractivity contribution is 0.168. The van der Waals surface area contributed by atoms with Crippen molar-refractivity contribution in [3.63, 3.8) is 0 Å². The molecule has 7 nitrogen and oxygen atoms in total. The van der Waals surface area contributed by atoms with Gasteiger partial charge in [0.1, 0.15) is 18.2 Å². The first-order valence-electron chi connectivity index (χ1n) is 6.76. The van der Waals surface area contributed by atoms with Gasteiger partial charge >= 0.3 is 6.09 Å². The maximum Gasteiger partial charge on any atom is 0.411 e. The van der Waals surface area contributed by atoms with Gasteiger partial charge in [-0.2, -0.15) is 5.10 Å². The van der Waals surface area contributed by atoms with E-state index in [-0.39, 0.29) is 29.3 Å². The molecule has 10 heteroatoms. The van der Waals surface area contributed by atoms with Crippen molar-refractivity contribution in [2.45, 2.75) is 0 Å². The van der Waals surface area contributed by atoms with Gasteiger partial charge in [0.15, 0.2) is 9.84 Å². The van der Waals surface area contributed by atoms with Crippen LogP contribution in [0.1, 0.15) is 0 Å². The molecule has 0 radical (unpaired) electrons. The quantitative estimate of drug-likeness (QED) is 0.881. The van der Waals surface area contributed by atoms with Crippen LogP contribution in [0.3, 0.4) is 0 Å². The fourth-order valence-electron chi connectivity index (χ4n) is 1.96. The normalized spacial score (nSPS) is 11.3. The highest BCUT2D eigenvalue weighted by Gasteiger charge is 2.18. The van der Waals surface area contributed by atoms with Crippen LogP contribution in [0.25, 0.3) is 11.3 Å². The number of sulfone groups is 1. The van der Waals surface area contributed by atoms with Gasteiger partial charge in [-0.3, -0.25) is 10.00 Å². The third kappa shape index (κ3) is 4.51. The van der Waals surface area contributed by atoms with E-state index in [4.69, 9.17) is 4.74 Å². The number of amides is 1. The Bertz CT molecular complexity index is 865. The Morgan fingerprint density at radius 3 is 2.71 bits per heavy atom. The maximum atomic E-state index is 14.0. The number of aryl methyl sites for hydroxylation is 1. The number of nitrogens with one attached hydrogen (secondary N) is 1. The summed E-state index contributed by atoms with van der Waals surface area (Å²) in [6.07, 6.45) is 1.39. The van der Waals surface area contributed by atoms with Crippen LogP contribution in [0.2, 0.25) is 0 Å². The van der Waals surface area contributed by atoms with E-state index in [0.717, 1.165) is 18.4 Å². The number of anilines is 1. The van der Waals surface area contributed by atoms with Crippen molar-refractivity contribution in [1.82, 2.24) is 9.78 Å². The average molecular weight is 359 g/mol. The highest BCUT2D eigenvalue weighted by Crippen LogP contribution is 2.30. The predicted octanol–water partition coefficient (Wildman–Crippen LogP) is 1.96. The number of carbonyl (C=O) groups is 1. The average Bonchev–Trinajstić information content (AvgIpc) is 2.79. The lowest BCUT2D eigenvalue weighted by Gasteiger charge is -2.09. The van der Waals surface area contributed by atoms with Crippen LogP contribution in [0.4, 0.5) is 19.3 Å². The van der Waals surface area contributed by atoms with Crippen molar-refractivity contribution in [3.05, 3.63) is 36.0 Å². The van der Waals surface area contributed by atoms with E-state index in [1.54, 1.807) is 0 Å². The third-order valence-corrected chi connectivity index (χ3v) is 3.96. The molecule has 0 saturated carbocycles. The van der Waals surface area contributed by atoms with Crippen LogP contribution in [-0.2, 0) is 21.6 Å². The van der Waals surface area contributed by atoms with Gasteiger partial charge in [0, 0.05) is 24.9 Å². The molecule has 2 aromatic rings. The molecular formula is C14H15F2N3O4S. The third-order valence-electron chi connectivity index (χ3n) is 3.05. The topological polar surface area (TPSA) is 90.3 Å². The summed E-state index contributed by atoms with van der Waals surface area (Å²) in [5.74, 6) is -1.85. The minimum absolute atomic E-state index is 0.0443. The fraction of sp³-hybridized carbons (Fsp3) is 0.286. The summed E-state index contributed by atoms with van der Waals surface area (Å²) in [5, 5.41) is 6.28. The Kier molecular flexibility index (Phi) is 5.17. The molecule has 0 unspecified atom stereocenters. The SMILES string of the molecule is Cn1ncc(NC(=O)OCCS(C)(=O)=O)c1-c1ccc(F)cc1F. The zero-order chi connectivity index (χ0) is 17.9. The summed E-state index contributed by atoms with van der Waals surface area (Å²) in [4.78, 5) is 11.7. The number of nitrogens with zero attached hydrogens (tertiary/aromatic N) is 2. The number of carbonyl (C=O) groups excluding carboxylic acids is 1. The van der Waals surface area contributed by atoms with Crippen LogP contribution in [-0.4, -0.2) is 42.9 Å². The number of rotatable bonds is 5. The molecule has 1 aromatic carbocycles. The number of halogens is 2. The lowest BCUT2D eigenvalue weighted by Crippen LogP contribution is -2.19. The number of ether oxygens (including phenoxy) is 1. The molecule has 0 atom stereocenters. The maximum absolute atomic E-state index is 14.0. The second-order valence-electron chi connectivity index (χ2n) is 5.05. The summed E-state index contributed by atoms with van der Waals surface area (Å²) in [6, 6.07) is 3.03. The Morgan fingerprint density at radius 1 is 1.38 bits per heavy atom. The number of aromatic nitrogens is 2. The minimum atomic E-state index is -3.26. The molecule has 1 aromatic heterocycles. The molecule has 130 valence electrons. The molecule has 0 saturated heterocycles. The van der Waals surface area contributed by atoms with Crippen LogP contribution in [0.15, 0.2) is 24.4 Å². The van der Waals surface area contributed by atoms with Gasteiger partial charge < -0.3 is 4.74 Å². The molecular weight excluding hydrogens is 344 g/mol. The van der Waals surface area contributed by atoms with Gasteiger partial charge in [-0.15, -0.1) is 0 Å². The molecule has 1 N–H and O–H groups in total.